The second kappa shape index (κ2) is 5.33. The van der Waals surface area contributed by atoms with Gasteiger partial charge in [0.1, 0.15) is 0 Å². The van der Waals surface area contributed by atoms with Gasteiger partial charge in [-0.2, -0.15) is 5.48 Å². The van der Waals surface area contributed by atoms with E-state index < -0.39 is 6.23 Å². The zero-order valence-corrected chi connectivity index (χ0v) is 12.5. The number of aliphatic hydroxyl groups excluding tert-OH is 1. The molecule has 1 aromatic heterocycles. The van der Waals surface area contributed by atoms with Crippen molar-refractivity contribution in [3.8, 4) is 0 Å². The third kappa shape index (κ3) is 2.17. The van der Waals surface area contributed by atoms with Crippen LogP contribution >= 0.6 is 11.3 Å². The molecule has 0 spiro atoms. The van der Waals surface area contributed by atoms with Gasteiger partial charge in [-0.25, -0.2) is 4.98 Å². The Morgan fingerprint density at radius 1 is 1.14 bits per heavy atom. The highest BCUT2D eigenvalue weighted by Crippen LogP contribution is 2.36. The summed E-state index contributed by atoms with van der Waals surface area (Å²) in [7, 11) is 0. The summed E-state index contributed by atoms with van der Waals surface area (Å²) in [6.07, 6.45) is -1.06. The van der Waals surface area contributed by atoms with E-state index in [9.17, 15) is 5.11 Å². The van der Waals surface area contributed by atoms with Crippen molar-refractivity contribution in [2.24, 2.45) is 0 Å². The lowest BCUT2D eigenvalue weighted by atomic mass is 10.0. The quantitative estimate of drug-likeness (QED) is 0.512. The topological polar surface area (TPSA) is 68.6 Å². The molecule has 4 rings (SSSR count). The summed E-state index contributed by atoms with van der Waals surface area (Å²) in [6.45, 7) is 1.45. The average molecular weight is 313 g/mol. The summed E-state index contributed by atoms with van der Waals surface area (Å²) in [5.41, 5.74) is 5.84. The van der Waals surface area contributed by atoms with Crippen LogP contribution < -0.4 is 10.4 Å². The number of fused-ring (bicyclic) bond motifs is 2. The van der Waals surface area contributed by atoms with Crippen molar-refractivity contribution >= 4 is 26.7 Å². The van der Waals surface area contributed by atoms with E-state index in [-0.39, 0.29) is 0 Å². The van der Waals surface area contributed by atoms with Gasteiger partial charge >= 0.3 is 0 Å². The van der Waals surface area contributed by atoms with Crippen LogP contribution in [-0.4, -0.2) is 15.3 Å². The largest absolute Gasteiger partial charge is 0.372 e. The van der Waals surface area contributed by atoms with Crippen molar-refractivity contribution in [1.29, 1.82) is 0 Å². The third-order valence-corrected chi connectivity index (χ3v) is 5.09. The molecule has 2 aromatic carbocycles. The molecule has 1 unspecified atom stereocenters. The van der Waals surface area contributed by atoms with E-state index in [0.29, 0.717) is 12.1 Å². The number of aliphatic hydroxyl groups is 1. The fourth-order valence-electron chi connectivity index (χ4n) is 2.90. The molecule has 112 valence electrons. The molecule has 2 heterocycles. The van der Waals surface area contributed by atoms with Crippen LogP contribution in [0.5, 0.6) is 0 Å². The molecule has 0 saturated heterocycles. The van der Waals surface area contributed by atoms with E-state index in [1.807, 2.05) is 35.8 Å². The van der Waals surface area contributed by atoms with Crippen LogP contribution in [0, 0.1) is 0 Å². The lowest BCUT2D eigenvalue weighted by Gasteiger charge is -2.14. The number of hydroxylamine groups is 1. The second-order valence-electron chi connectivity index (χ2n) is 5.34. The molecule has 0 fully saturated rings. The second-order valence-corrected chi connectivity index (χ2v) is 6.35. The summed E-state index contributed by atoms with van der Waals surface area (Å²) in [5.74, 6) is 0. The number of thiazole rings is 1. The van der Waals surface area contributed by atoms with Crippen LogP contribution in [0.15, 0.2) is 42.5 Å². The van der Waals surface area contributed by atoms with Crippen LogP contribution in [0.4, 0.5) is 5.13 Å². The highest BCUT2D eigenvalue weighted by atomic mass is 32.1. The van der Waals surface area contributed by atoms with Crippen LogP contribution in [0.3, 0.4) is 0 Å². The van der Waals surface area contributed by atoms with Crippen molar-refractivity contribution in [1.82, 2.24) is 10.5 Å². The number of para-hydroxylation sites is 1. The Hall–Kier alpha value is -1.99. The first-order valence-corrected chi connectivity index (χ1v) is 7.87. The molecule has 0 bridgehead atoms. The van der Waals surface area contributed by atoms with Gasteiger partial charge in [0, 0.05) is 18.7 Å². The number of nitrogens with one attached hydrogen (secondary N) is 1. The van der Waals surface area contributed by atoms with E-state index in [0.717, 1.165) is 28.3 Å². The minimum Gasteiger partial charge on any atom is -0.372 e. The highest BCUT2D eigenvalue weighted by Gasteiger charge is 2.25. The zero-order valence-electron chi connectivity index (χ0n) is 11.7. The molecule has 6 heteroatoms. The van der Waals surface area contributed by atoms with E-state index in [1.165, 1.54) is 4.70 Å². The number of hydrogen-bond acceptors (Lipinski definition) is 6. The molecule has 3 aromatic rings. The minimum atomic E-state index is -1.06. The molecule has 0 amide bonds. The maximum absolute atomic E-state index is 9.87. The first-order chi connectivity index (χ1) is 10.8. The molecule has 5 nitrogen and oxygen atoms in total. The van der Waals surface area contributed by atoms with E-state index in [4.69, 9.17) is 5.21 Å². The number of benzene rings is 2. The molecule has 1 aliphatic rings. The SMILES string of the molecule is ONC(O)c1cccc2c1CN(c1nc3ccccc3s1)C2. The Bertz CT molecular complexity index is 800. The van der Waals surface area contributed by atoms with E-state index in [1.54, 1.807) is 11.3 Å². The fraction of sp³-hybridized carbons (Fsp3) is 0.188. The Kier molecular flexibility index (Phi) is 3.31. The predicted molar refractivity (Wildman–Crippen MR) is 85.8 cm³/mol. The van der Waals surface area contributed by atoms with Gasteiger partial charge in [0.05, 0.1) is 10.2 Å². The summed E-state index contributed by atoms with van der Waals surface area (Å²) in [4.78, 5) is 6.89. The Morgan fingerprint density at radius 2 is 2.00 bits per heavy atom. The van der Waals surface area contributed by atoms with Crippen LogP contribution in [0.2, 0.25) is 0 Å². The van der Waals surface area contributed by atoms with Crippen molar-refractivity contribution in [2.75, 3.05) is 4.90 Å². The number of anilines is 1. The third-order valence-electron chi connectivity index (χ3n) is 3.99. The Labute approximate surface area is 131 Å². The molecule has 1 aliphatic heterocycles. The lowest BCUT2D eigenvalue weighted by Crippen LogP contribution is -2.18. The first-order valence-electron chi connectivity index (χ1n) is 7.05. The number of rotatable bonds is 3. The minimum absolute atomic E-state index is 0.685. The van der Waals surface area contributed by atoms with Gasteiger partial charge in [-0.3, -0.25) is 0 Å². The predicted octanol–water partition coefficient (Wildman–Crippen LogP) is 2.79. The molecule has 1 atom stereocenters. The number of nitrogens with zero attached hydrogens (tertiary/aromatic N) is 2. The average Bonchev–Trinajstić information content (AvgIpc) is 3.16. The molecule has 0 radical (unpaired) electrons. The van der Waals surface area contributed by atoms with Gasteiger partial charge in [0.25, 0.3) is 0 Å². The van der Waals surface area contributed by atoms with Gasteiger partial charge in [0.15, 0.2) is 11.4 Å². The van der Waals surface area contributed by atoms with Gasteiger partial charge < -0.3 is 15.2 Å². The molecular weight excluding hydrogens is 298 g/mol. The van der Waals surface area contributed by atoms with E-state index >= 15 is 0 Å². The Morgan fingerprint density at radius 3 is 2.82 bits per heavy atom. The van der Waals surface area contributed by atoms with Gasteiger partial charge in [-0.05, 0) is 23.3 Å². The summed E-state index contributed by atoms with van der Waals surface area (Å²) >= 11 is 1.67. The smallest absolute Gasteiger partial charge is 0.187 e. The van der Waals surface area contributed by atoms with Gasteiger partial charge in [-0.15, -0.1) is 0 Å². The number of hydrogen-bond donors (Lipinski definition) is 3. The first kappa shape index (κ1) is 13.7. The van der Waals surface area contributed by atoms with Crippen LogP contribution in [-0.2, 0) is 13.1 Å². The maximum atomic E-state index is 9.87. The van der Waals surface area contributed by atoms with Crippen LogP contribution in [0.25, 0.3) is 10.2 Å². The molecule has 3 N–H and O–H groups in total. The Balaban J connectivity index is 1.69. The number of aromatic nitrogens is 1. The van der Waals surface area contributed by atoms with Crippen molar-refractivity contribution in [3.63, 3.8) is 0 Å². The van der Waals surface area contributed by atoms with Crippen molar-refractivity contribution < 1.29 is 10.3 Å². The molecule has 0 saturated carbocycles. The van der Waals surface area contributed by atoms with Crippen molar-refractivity contribution in [2.45, 2.75) is 19.3 Å². The summed E-state index contributed by atoms with van der Waals surface area (Å²) in [6, 6.07) is 13.9. The lowest BCUT2D eigenvalue weighted by molar-refractivity contribution is 0.000235. The zero-order chi connectivity index (χ0) is 15.1. The standard InChI is InChI=1S/C16H15N3O2S/c20-15(18-21)11-5-3-4-10-8-19(9-12(10)11)16-17-13-6-1-2-7-14(13)22-16/h1-7,15,18,20-21H,8-9H2. The maximum Gasteiger partial charge on any atom is 0.187 e. The van der Waals surface area contributed by atoms with Gasteiger partial charge in [0.2, 0.25) is 0 Å². The molecule has 22 heavy (non-hydrogen) atoms. The monoisotopic (exact) mass is 313 g/mol. The van der Waals surface area contributed by atoms with E-state index in [2.05, 4.69) is 22.0 Å². The van der Waals surface area contributed by atoms with Crippen LogP contribution in [0.1, 0.15) is 22.9 Å². The molecule has 0 aliphatic carbocycles. The highest BCUT2D eigenvalue weighted by molar-refractivity contribution is 7.22. The molecular formula is C16H15N3O2S. The summed E-state index contributed by atoms with van der Waals surface area (Å²) < 4.78 is 1.17. The normalized spacial score (nSPS) is 15.3. The fourth-order valence-corrected chi connectivity index (χ4v) is 3.87. The summed E-state index contributed by atoms with van der Waals surface area (Å²) in [5, 5.41) is 19.8. The van der Waals surface area contributed by atoms with Crippen molar-refractivity contribution in [3.05, 3.63) is 59.2 Å². The van der Waals surface area contributed by atoms with Gasteiger partial charge in [-0.1, -0.05) is 41.7 Å².